The zero-order valence-corrected chi connectivity index (χ0v) is 20.8. The number of carbonyl (C=O) groups excluding carboxylic acids is 1. The molecule has 1 aliphatic carbocycles. The third-order valence-electron chi connectivity index (χ3n) is 6.53. The van der Waals surface area contributed by atoms with Gasteiger partial charge in [0, 0.05) is 38.0 Å². The highest BCUT2D eigenvalue weighted by molar-refractivity contribution is 7.98. The van der Waals surface area contributed by atoms with E-state index in [-0.39, 0.29) is 12.0 Å². The molecule has 0 spiro atoms. The van der Waals surface area contributed by atoms with Gasteiger partial charge >= 0.3 is 0 Å². The summed E-state index contributed by atoms with van der Waals surface area (Å²) in [5, 5.41) is 3.65. The lowest BCUT2D eigenvalue weighted by molar-refractivity contribution is 0.0834. The summed E-state index contributed by atoms with van der Waals surface area (Å²) < 4.78 is 11.4. The highest BCUT2D eigenvalue weighted by atomic mass is 32.2. The van der Waals surface area contributed by atoms with E-state index in [0.29, 0.717) is 30.0 Å². The molecule has 0 unspecified atom stereocenters. The highest BCUT2D eigenvalue weighted by Crippen LogP contribution is 2.29. The van der Waals surface area contributed by atoms with Gasteiger partial charge in [-0.1, -0.05) is 44.9 Å². The minimum absolute atomic E-state index is 0.116. The Morgan fingerprint density at radius 2 is 2.00 bits per heavy atom. The second kappa shape index (κ2) is 11.4. The Hall–Kier alpha value is -2.06. The normalized spacial score (nSPS) is 19.2. The van der Waals surface area contributed by atoms with Crippen molar-refractivity contribution in [1.29, 1.82) is 0 Å². The molecule has 2 aromatic heterocycles. The third kappa shape index (κ3) is 6.51. The summed E-state index contributed by atoms with van der Waals surface area (Å²) in [4.78, 5) is 24.4. The number of nitrogens with zero attached hydrogens (tertiary/aromatic N) is 3. The fourth-order valence-electron chi connectivity index (χ4n) is 4.44. The molecule has 3 heterocycles. The number of anilines is 1. The van der Waals surface area contributed by atoms with Crippen molar-refractivity contribution in [3.8, 4) is 0 Å². The highest BCUT2D eigenvalue weighted by Gasteiger charge is 2.22. The molecule has 0 aromatic carbocycles. The molecule has 1 N–H and O–H groups in total. The molecule has 1 saturated carbocycles. The fraction of sp³-hybridized carbons (Fsp3) is 0.640. The van der Waals surface area contributed by atoms with Crippen molar-refractivity contribution in [3.05, 3.63) is 35.4 Å². The number of amides is 1. The van der Waals surface area contributed by atoms with E-state index < -0.39 is 0 Å². The molecule has 0 radical (unpaired) electrons. The van der Waals surface area contributed by atoms with Crippen LogP contribution in [0.5, 0.6) is 0 Å². The van der Waals surface area contributed by atoms with Crippen LogP contribution >= 0.6 is 11.8 Å². The molecular formula is C25H36N4O3S. The van der Waals surface area contributed by atoms with Crippen LogP contribution in [-0.4, -0.2) is 48.2 Å². The average Bonchev–Trinajstić information content (AvgIpc) is 3.53. The predicted molar refractivity (Wildman–Crippen MR) is 131 cm³/mol. The van der Waals surface area contributed by atoms with Gasteiger partial charge in [-0.15, -0.1) is 0 Å². The van der Waals surface area contributed by atoms with Gasteiger partial charge in [0.2, 0.25) is 0 Å². The maximum absolute atomic E-state index is 12.4. The Morgan fingerprint density at radius 1 is 1.18 bits per heavy atom. The molecule has 2 aromatic rings. The number of furan rings is 1. The van der Waals surface area contributed by atoms with E-state index in [9.17, 15) is 4.79 Å². The van der Waals surface area contributed by atoms with Gasteiger partial charge in [0.25, 0.3) is 5.91 Å². The van der Waals surface area contributed by atoms with E-state index in [1.54, 1.807) is 17.8 Å². The number of aromatic nitrogens is 2. The van der Waals surface area contributed by atoms with E-state index in [1.807, 2.05) is 6.07 Å². The predicted octanol–water partition coefficient (Wildman–Crippen LogP) is 5.16. The van der Waals surface area contributed by atoms with Crippen molar-refractivity contribution >= 4 is 23.5 Å². The first-order valence-corrected chi connectivity index (χ1v) is 13.2. The van der Waals surface area contributed by atoms with Crippen LogP contribution in [0.2, 0.25) is 0 Å². The topological polar surface area (TPSA) is 80.5 Å². The molecule has 2 fully saturated rings. The van der Waals surface area contributed by atoms with Crippen LogP contribution < -0.4 is 10.2 Å². The van der Waals surface area contributed by atoms with Crippen molar-refractivity contribution in [1.82, 2.24) is 15.3 Å². The van der Waals surface area contributed by atoms with E-state index in [1.165, 1.54) is 32.1 Å². The number of hydrogen-bond acceptors (Lipinski definition) is 7. The lowest BCUT2D eigenvalue weighted by Gasteiger charge is -2.32. The summed E-state index contributed by atoms with van der Waals surface area (Å²) in [5.74, 6) is 2.77. The Kier molecular flexibility index (Phi) is 8.30. The van der Waals surface area contributed by atoms with E-state index in [2.05, 4.69) is 37.2 Å². The smallest absolute Gasteiger partial charge is 0.287 e. The number of thioether (sulfide) groups is 1. The summed E-state index contributed by atoms with van der Waals surface area (Å²) in [6.07, 6.45) is 8.54. The van der Waals surface area contributed by atoms with Crippen molar-refractivity contribution in [3.63, 3.8) is 0 Å². The average molecular weight is 473 g/mol. The minimum atomic E-state index is -0.198. The van der Waals surface area contributed by atoms with Gasteiger partial charge in [0.1, 0.15) is 11.6 Å². The molecule has 2 aliphatic rings. The third-order valence-corrected chi connectivity index (χ3v) is 7.40. The maximum Gasteiger partial charge on any atom is 0.287 e. The second-order valence-electron chi connectivity index (χ2n) is 9.39. The van der Waals surface area contributed by atoms with Gasteiger partial charge in [0.05, 0.1) is 11.9 Å². The first-order chi connectivity index (χ1) is 16.0. The van der Waals surface area contributed by atoms with Gasteiger partial charge in [-0.25, -0.2) is 9.97 Å². The van der Waals surface area contributed by atoms with Crippen molar-refractivity contribution in [2.24, 2.45) is 0 Å². The molecule has 1 amide bonds. The first-order valence-electron chi connectivity index (χ1n) is 12.2. The van der Waals surface area contributed by atoms with Gasteiger partial charge in [0.15, 0.2) is 10.9 Å². The lowest BCUT2D eigenvalue weighted by Crippen LogP contribution is -2.34. The van der Waals surface area contributed by atoms with Gasteiger partial charge in [-0.2, -0.15) is 0 Å². The Bertz CT molecular complexity index is 920. The SMILES string of the molecule is CC(C)c1cc(N(C)C2CCCCC2)nc(SCc2ccc(C(=O)NC[C@H]3CCCO3)o2)n1. The molecular weight excluding hydrogens is 436 g/mol. The first kappa shape index (κ1) is 24.1. The van der Waals surface area contributed by atoms with Crippen LogP contribution in [0, 0.1) is 0 Å². The molecule has 8 heteroatoms. The zero-order valence-electron chi connectivity index (χ0n) is 20.0. The van der Waals surface area contributed by atoms with Crippen LogP contribution in [0.25, 0.3) is 0 Å². The van der Waals surface area contributed by atoms with Gasteiger partial charge in [-0.3, -0.25) is 4.79 Å². The summed E-state index contributed by atoms with van der Waals surface area (Å²) in [7, 11) is 2.16. The molecule has 33 heavy (non-hydrogen) atoms. The van der Waals surface area contributed by atoms with Gasteiger partial charge < -0.3 is 19.4 Å². The standard InChI is InChI=1S/C25H36N4O3S/c1-17(2)21-14-23(29(3)18-8-5-4-6-9-18)28-25(27-21)33-16-20-11-12-22(32-20)24(30)26-15-19-10-7-13-31-19/h11-12,14,17-19H,4-10,13,15-16H2,1-3H3,(H,26,30)/t19-/m1/s1. The quantitative estimate of drug-likeness (QED) is 0.399. The van der Waals surface area contributed by atoms with Crippen LogP contribution in [0.4, 0.5) is 5.82 Å². The molecule has 7 nitrogen and oxygen atoms in total. The number of ether oxygens (including phenoxy) is 1. The Morgan fingerprint density at radius 3 is 2.73 bits per heavy atom. The van der Waals surface area contributed by atoms with Crippen LogP contribution in [0.1, 0.15) is 86.7 Å². The van der Waals surface area contributed by atoms with Crippen LogP contribution in [0.3, 0.4) is 0 Å². The Labute approximate surface area is 201 Å². The maximum atomic E-state index is 12.4. The van der Waals surface area contributed by atoms with Crippen molar-refractivity contribution in [2.45, 2.75) is 87.8 Å². The van der Waals surface area contributed by atoms with Crippen molar-refractivity contribution in [2.75, 3.05) is 25.1 Å². The number of hydrogen-bond donors (Lipinski definition) is 1. The van der Waals surface area contributed by atoms with Crippen LogP contribution in [-0.2, 0) is 10.5 Å². The Balaban J connectivity index is 1.38. The molecule has 180 valence electrons. The largest absolute Gasteiger partial charge is 0.455 e. The molecule has 0 bridgehead atoms. The fourth-order valence-corrected chi connectivity index (χ4v) is 5.19. The van der Waals surface area contributed by atoms with Crippen LogP contribution in [0.15, 0.2) is 27.8 Å². The molecule has 1 saturated heterocycles. The lowest BCUT2D eigenvalue weighted by atomic mass is 9.94. The van der Waals surface area contributed by atoms with E-state index in [0.717, 1.165) is 41.9 Å². The summed E-state index contributed by atoms with van der Waals surface area (Å²) in [5.41, 5.74) is 1.05. The summed E-state index contributed by atoms with van der Waals surface area (Å²) >= 11 is 1.55. The van der Waals surface area contributed by atoms with E-state index >= 15 is 0 Å². The minimum Gasteiger partial charge on any atom is -0.455 e. The molecule has 4 rings (SSSR count). The van der Waals surface area contributed by atoms with E-state index in [4.69, 9.17) is 19.1 Å². The van der Waals surface area contributed by atoms with Gasteiger partial charge in [-0.05, 0) is 43.7 Å². The number of nitrogens with one attached hydrogen (secondary N) is 1. The van der Waals surface area contributed by atoms with Crippen molar-refractivity contribution < 1.29 is 13.9 Å². The second-order valence-corrected chi connectivity index (χ2v) is 10.3. The zero-order chi connectivity index (χ0) is 23.2. The number of carbonyl (C=O) groups is 1. The monoisotopic (exact) mass is 472 g/mol. The summed E-state index contributed by atoms with van der Waals surface area (Å²) in [6.45, 7) is 5.63. The molecule has 1 atom stereocenters. The molecule has 1 aliphatic heterocycles. The summed E-state index contributed by atoms with van der Waals surface area (Å²) in [6, 6.07) is 6.27. The number of rotatable bonds is 9.